The van der Waals surface area contributed by atoms with Crippen LogP contribution in [-0.4, -0.2) is 121 Å². The predicted molar refractivity (Wildman–Crippen MR) is 160 cm³/mol. The maximum absolute atomic E-state index is 13.3. The van der Waals surface area contributed by atoms with Crippen molar-refractivity contribution in [1.29, 1.82) is 0 Å². The maximum Gasteiger partial charge on any atom is 0.204 e. The van der Waals surface area contributed by atoms with Gasteiger partial charge in [0.05, 0.1) is 30.4 Å². The highest BCUT2D eigenvalue weighted by Crippen LogP contribution is 2.41. The van der Waals surface area contributed by atoms with E-state index in [0.717, 1.165) is 0 Å². The summed E-state index contributed by atoms with van der Waals surface area (Å²) in [5, 5.41) is 82.3. The molecule has 6 rings (SSSR count). The fourth-order valence-corrected chi connectivity index (χ4v) is 5.75. The van der Waals surface area contributed by atoms with E-state index in [1.165, 1.54) is 31.4 Å². The lowest BCUT2D eigenvalue weighted by atomic mass is 9.97. The number of phenols is 2. The smallest absolute Gasteiger partial charge is 0.204 e. The summed E-state index contributed by atoms with van der Waals surface area (Å²) in [6.45, 7) is 2.41. The van der Waals surface area contributed by atoms with Gasteiger partial charge in [-0.3, -0.25) is 4.79 Å². The number of phenolic OH excluding ortho intramolecular Hbond substituents is 2. The van der Waals surface area contributed by atoms with Crippen LogP contribution in [0, 0.1) is 0 Å². The van der Waals surface area contributed by atoms with Crippen LogP contribution < -0.4 is 10.2 Å². The second-order valence-electron chi connectivity index (χ2n) is 12.1. The second kappa shape index (κ2) is 12.8. The summed E-state index contributed by atoms with van der Waals surface area (Å²) in [5.41, 5.74) is -0.752. The molecule has 0 saturated carbocycles. The molecule has 1 aromatic heterocycles. The Morgan fingerprint density at radius 1 is 0.851 bits per heavy atom. The summed E-state index contributed by atoms with van der Waals surface area (Å²) in [7, 11) is 0. The largest absolute Gasteiger partial charge is 0.508 e. The molecule has 11 atom stereocenters. The van der Waals surface area contributed by atoms with E-state index in [0.29, 0.717) is 5.56 Å². The third-order valence-corrected chi connectivity index (χ3v) is 8.60. The van der Waals surface area contributed by atoms with Crippen molar-refractivity contribution in [1.82, 2.24) is 0 Å². The van der Waals surface area contributed by atoms with Crippen molar-refractivity contribution in [3.63, 3.8) is 0 Å². The van der Waals surface area contributed by atoms with Gasteiger partial charge in [0.25, 0.3) is 0 Å². The topological polar surface area (TPSA) is 238 Å². The van der Waals surface area contributed by atoms with Crippen molar-refractivity contribution in [2.75, 3.05) is 13.2 Å². The minimum absolute atomic E-state index is 0.0289. The molecular formula is C32H36O15. The minimum atomic E-state index is -1.71. The number of rotatable bonds is 7. The average molecular weight is 661 g/mol. The van der Waals surface area contributed by atoms with Crippen LogP contribution in [0.5, 0.6) is 17.2 Å². The van der Waals surface area contributed by atoms with E-state index in [2.05, 4.69) is 0 Å². The molecule has 0 radical (unpaired) electrons. The Hall–Kier alpha value is -3.61. The van der Waals surface area contributed by atoms with Crippen LogP contribution in [0.3, 0.4) is 0 Å². The van der Waals surface area contributed by atoms with Gasteiger partial charge in [0.1, 0.15) is 82.8 Å². The zero-order valence-electron chi connectivity index (χ0n) is 25.2. The number of hydrogen-bond acceptors (Lipinski definition) is 15. The summed E-state index contributed by atoms with van der Waals surface area (Å²) in [5.74, 6) is -0.162. The first kappa shape index (κ1) is 33.3. The molecule has 2 fully saturated rings. The molecule has 2 saturated heterocycles. The number of aliphatic hydroxyl groups excluding tert-OH is 6. The Bertz CT molecular complexity index is 1690. The number of ether oxygens (including phenoxy) is 5. The molecule has 8 N–H and O–H groups in total. The first-order valence-corrected chi connectivity index (χ1v) is 14.9. The quantitative estimate of drug-likeness (QED) is 0.162. The third-order valence-electron chi connectivity index (χ3n) is 8.60. The van der Waals surface area contributed by atoms with Gasteiger partial charge < -0.3 is 69.0 Å². The van der Waals surface area contributed by atoms with E-state index >= 15 is 0 Å². The normalized spacial score (nSPS) is 35.4. The highest BCUT2D eigenvalue weighted by atomic mass is 16.7. The SMILES string of the molecule is C[C@@H]1O[C@@H](OC[C@H]2O[C@@H](OC[C@@]3(C)C=Cc4c(cc5occ(-c6ccc(O)cc6)c(=O)c5c4O)O3)[C@H](O)[C@@H](O)[C@@H]2O)[C@H](O)[C@H](O)[C@H]1O. The van der Waals surface area contributed by atoms with Crippen LogP contribution in [0.4, 0.5) is 0 Å². The summed E-state index contributed by atoms with van der Waals surface area (Å²) in [6, 6.07) is 7.40. The van der Waals surface area contributed by atoms with Gasteiger partial charge in [-0.05, 0) is 43.7 Å². The van der Waals surface area contributed by atoms with Crippen LogP contribution >= 0.6 is 0 Å². The van der Waals surface area contributed by atoms with Crippen LogP contribution in [-0.2, 0) is 18.9 Å². The predicted octanol–water partition coefficient (Wildman–Crippen LogP) is -0.296. The highest BCUT2D eigenvalue weighted by molar-refractivity contribution is 5.93. The van der Waals surface area contributed by atoms with Gasteiger partial charge in [-0.2, -0.15) is 0 Å². The molecule has 3 aliphatic rings. The van der Waals surface area contributed by atoms with Crippen LogP contribution in [0.2, 0.25) is 0 Å². The maximum atomic E-state index is 13.3. The van der Waals surface area contributed by atoms with E-state index in [4.69, 9.17) is 28.1 Å². The zero-order valence-corrected chi connectivity index (χ0v) is 25.2. The molecule has 0 bridgehead atoms. The van der Waals surface area contributed by atoms with Gasteiger partial charge in [0.15, 0.2) is 12.6 Å². The molecule has 0 aliphatic carbocycles. The highest BCUT2D eigenvalue weighted by Gasteiger charge is 2.47. The van der Waals surface area contributed by atoms with Crippen LogP contribution in [0.1, 0.15) is 19.4 Å². The summed E-state index contributed by atoms with van der Waals surface area (Å²) in [4.78, 5) is 13.3. The minimum Gasteiger partial charge on any atom is -0.508 e. The number of benzene rings is 2. The lowest BCUT2D eigenvalue weighted by Gasteiger charge is -2.43. The molecule has 254 valence electrons. The van der Waals surface area contributed by atoms with Crippen molar-refractivity contribution < 1.29 is 69.0 Å². The Morgan fingerprint density at radius 2 is 1.51 bits per heavy atom. The molecule has 2 aromatic carbocycles. The van der Waals surface area contributed by atoms with Crippen LogP contribution in [0.15, 0.2) is 51.9 Å². The molecule has 4 heterocycles. The molecule has 47 heavy (non-hydrogen) atoms. The van der Waals surface area contributed by atoms with E-state index in [9.17, 15) is 45.6 Å². The summed E-state index contributed by atoms with van der Waals surface area (Å²) in [6.07, 6.45) is -10.1. The van der Waals surface area contributed by atoms with Crippen molar-refractivity contribution in [3.05, 3.63) is 58.5 Å². The van der Waals surface area contributed by atoms with Crippen molar-refractivity contribution in [3.8, 4) is 28.4 Å². The fourth-order valence-electron chi connectivity index (χ4n) is 5.75. The van der Waals surface area contributed by atoms with Gasteiger partial charge in [0, 0.05) is 6.07 Å². The first-order valence-electron chi connectivity index (χ1n) is 14.9. The molecule has 3 aliphatic heterocycles. The molecular weight excluding hydrogens is 624 g/mol. The number of hydrogen-bond donors (Lipinski definition) is 8. The average Bonchev–Trinajstić information content (AvgIpc) is 3.04. The van der Waals surface area contributed by atoms with Crippen molar-refractivity contribution in [2.45, 2.75) is 80.9 Å². The first-order chi connectivity index (χ1) is 22.3. The molecule has 0 spiro atoms. The lowest BCUT2D eigenvalue weighted by Crippen LogP contribution is -2.61. The van der Waals surface area contributed by atoms with Crippen molar-refractivity contribution in [2.24, 2.45) is 0 Å². The van der Waals surface area contributed by atoms with E-state index in [1.807, 2.05) is 0 Å². The van der Waals surface area contributed by atoms with Gasteiger partial charge in [-0.25, -0.2) is 0 Å². The lowest BCUT2D eigenvalue weighted by molar-refractivity contribution is -0.330. The summed E-state index contributed by atoms with van der Waals surface area (Å²) < 4.78 is 34.2. The fraction of sp³-hybridized carbons (Fsp3) is 0.469. The van der Waals surface area contributed by atoms with Crippen LogP contribution in [0.25, 0.3) is 28.2 Å². The van der Waals surface area contributed by atoms with Gasteiger partial charge >= 0.3 is 0 Å². The van der Waals surface area contributed by atoms with Gasteiger partial charge in [-0.15, -0.1) is 0 Å². The number of aliphatic hydroxyl groups is 6. The van der Waals surface area contributed by atoms with E-state index in [1.54, 1.807) is 31.2 Å². The van der Waals surface area contributed by atoms with Crippen molar-refractivity contribution >= 4 is 17.0 Å². The zero-order chi connectivity index (χ0) is 33.8. The molecule has 0 amide bonds. The molecule has 15 heteroatoms. The standard InChI is InChI=1S/C32H36O15/c1-13-22(34)26(38)28(40)30(45-13)43-11-20-25(37)27(39)29(41)31(46-20)44-12-32(2)8-7-16-18(47-32)9-19-21(23(16)35)24(36)17(10-42-19)14-3-5-15(33)6-4-14/h3-10,13,20,22,25-31,33-35,37-41H,11-12H2,1-2H3/t13-,20+,22-,25+,26+,27-,28+,29+,30+,31+,32+/m0/s1. The van der Waals surface area contributed by atoms with Gasteiger partial charge in [-0.1, -0.05) is 12.1 Å². The summed E-state index contributed by atoms with van der Waals surface area (Å²) >= 11 is 0. The van der Waals surface area contributed by atoms with E-state index < -0.39 is 79.0 Å². The Balaban J connectivity index is 1.15. The third kappa shape index (κ3) is 6.23. The number of aromatic hydroxyl groups is 2. The Labute approximate surface area is 267 Å². The Kier molecular flexibility index (Phi) is 9.05. The molecule has 15 nitrogen and oxygen atoms in total. The second-order valence-corrected chi connectivity index (χ2v) is 12.1. The van der Waals surface area contributed by atoms with Gasteiger partial charge in [0.2, 0.25) is 5.43 Å². The molecule has 3 aromatic rings. The molecule has 0 unspecified atom stereocenters. The Morgan fingerprint density at radius 3 is 2.21 bits per heavy atom. The van der Waals surface area contributed by atoms with E-state index in [-0.39, 0.29) is 46.0 Å². The number of fused-ring (bicyclic) bond motifs is 2. The monoisotopic (exact) mass is 660 g/mol.